The molecule has 0 radical (unpaired) electrons. The molecule has 0 unspecified atom stereocenters. The number of ether oxygens (including phenoxy) is 1. The van der Waals surface area contributed by atoms with Crippen LogP contribution in [0.4, 0.5) is 5.82 Å². The van der Waals surface area contributed by atoms with Crippen molar-refractivity contribution in [2.75, 3.05) is 25.0 Å². The number of rotatable bonds is 6. The summed E-state index contributed by atoms with van der Waals surface area (Å²) >= 11 is 0. The molecule has 0 saturated carbocycles. The Morgan fingerprint density at radius 3 is 2.77 bits per heavy atom. The van der Waals surface area contributed by atoms with Gasteiger partial charge in [-0.15, -0.1) is 0 Å². The van der Waals surface area contributed by atoms with Crippen LogP contribution in [0.5, 0.6) is 5.75 Å². The Balaban J connectivity index is 1.51. The number of carbonyl (C=O) groups is 1. The second kappa shape index (κ2) is 8.62. The van der Waals surface area contributed by atoms with Crippen LogP contribution in [0.25, 0.3) is 0 Å². The van der Waals surface area contributed by atoms with Crippen LogP contribution in [0, 0.1) is 0 Å². The zero-order valence-corrected chi connectivity index (χ0v) is 14.8. The Morgan fingerprint density at radius 2 is 2.15 bits per heavy atom. The van der Waals surface area contributed by atoms with E-state index in [4.69, 9.17) is 9.84 Å². The van der Waals surface area contributed by atoms with Crippen molar-refractivity contribution in [3.63, 3.8) is 0 Å². The second-order valence-electron chi connectivity index (χ2n) is 6.46. The number of amides is 1. The lowest BCUT2D eigenvalue weighted by Crippen LogP contribution is -2.41. The predicted molar refractivity (Wildman–Crippen MR) is 98.2 cm³/mol. The first-order valence-corrected chi connectivity index (χ1v) is 8.85. The Morgan fingerprint density at radius 1 is 1.35 bits per heavy atom. The first-order valence-electron chi connectivity index (χ1n) is 8.85. The number of piperidine rings is 1. The van der Waals surface area contributed by atoms with Gasteiger partial charge in [-0.25, -0.2) is 4.98 Å². The van der Waals surface area contributed by atoms with Gasteiger partial charge in [0.05, 0.1) is 18.4 Å². The molecule has 1 aliphatic heterocycles. The molecule has 1 saturated heterocycles. The van der Waals surface area contributed by atoms with E-state index in [0.29, 0.717) is 24.5 Å². The number of nitrogens with one attached hydrogen (secondary N) is 1. The normalized spacial score (nSPS) is 16.2. The zero-order valence-electron chi connectivity index (χ0n) is 14.8. The Labute approximate surface area is 153 Å². The Bertz CT molecular complexity index is 700. The summed E-state index contributed by atoms with van der Waals surface area (Å²) in [5.41, 5.74) is 0.568. The summed E-state index contributed by atoms with van der Waals surface area (Å²) in [5, 5.41) is 12.1. The van der Waals surface area contributed by atoms with Crippen molar-refractivity contribution in [3.05, 3.63) is 48.4 Å². The van der Waals surface area contributed by atoms with Crippen LogP contribution in [-0.2, 0) is 0 Å². The van der Waals surface area contributed by atoms with Crippen molar-refractivity contribution >= 4 is 11.7 Å². The molecule has 26 heavy (non-hydrogen) atoms. The number of nitrogens with zero attached hydrogens (tertiary/aromatic N) is 3. The maximum atomic E-state index is 12.6. The molecule has 7 nitrogen and oxygen atoms in total. The number of aliphatic hydroxyl groups is 1. The molecule has 0 aromatic carbocycles. The van der Waals surface area contributed by atoms with E-state index in [1.807, 2.05) is 24.0 Å². The lowest BCUT2D eigenvalue weighted by Gasteiger charge is -2.32. The average molecular weight is 356 g/mol. The molecular weight excluding hydrogens is 332 g/mol. The first-order chi connectivity index (χ1) is 12.7. The summed E-state index contributed by atoms with van der Waals surface area (Å²) < 4.78 is 5.91. The third-order valence-electron chi connectivity index (χ3n) is 4.34. The molecule has 2 N–H and O–H groups in total. The Kier molecular flexibility index (Phi) is 6.01. The number of hydrogen-bond acceptors (Lipinski definition) is 6. The average Bonchev–Trinajstić information content (AvgIpc) is 2.69. The standard InChI is InChI=1S/C19H24N4O3/c1-14(13-24)22-18-5-4-15(11-21-18)19(25)23-9-6-16(7-10-23)26-17-3-2-8-20-12-17/h2-5,8,11-12,14,16,24H,6-7,9-10,13H2,1H3,(H,21,22)/t14-/m0/s1. The molecular formula is C19H24N4O3. The highest BCUT2D eigenvalue weighted by Crippen LogP contribution is 2.19. The van der Waals surface area contributed by atoms with E-state index >= 15 is 0 Å². The maximum Gasteiger partial charge on any atom is 0.255 e. The monoisotopic (exact) mass is 356 g/mol. The third kappa shape index (κ3) is 4.70. The van der Waals surface area contributed by atoms with Crippen LogP contribution in [0.3, 0.4) is 0 Å². The second-order valence-corrected chi connectivity index (χ2v) is 6.46. The number of pyridine rings is 2. The highest BCUT2D eigenvalue weighted by molar-refractivity contribution is 5.94. The van der Waals surface area contributed by atoms with Gasteiger partial charge in [0.1, 0.15) is 17.7 Å². The van der Waals surface area contributed by atoms with E-state index in [9.17, 15) is 4.79 Å². The van der Waals surface area contributed by atoms with Gasteiger partial charge in [0.25, 0.3) is 5.91 Å². The lowest BCUT2D eigenvalue weighted by atomic mass is 10.1. The summed E-state index contributed by atoms with van der Waals surface area (Å²) in [4.78, 5) is 22.8. The van der Waals surface area contributed by atoms with Crippen molar-refractivity contribution in [2.45, 2.75) is 31.9 Å². The number of likely N-dealkylation sites (tertiary alicyclic amines) is 1. The summed E-state index contributed by atoms with van der Waals surface area (Å²) in [5.74, 6) is 1.40. The number of carbonyl (C=O) groups excluding carboxylic acids is 1. The summed E-state index contributed by atoms with van der Waals surface area (Å²) in [6, 6.07) is 7.19. The molecule has 3 rings (SSSR count). The Hall–Kier alpha value is -2.67. The lowest BCUT2D eigenvalue weighted by molar-refractivity contribution is 0.0594. The molecule has 0 aliphatic carbocycles. The fourth-order valence-electron chi connectivity index (χ4n) is 2.87. The molecule has 1 fully saturated rings. The van der Waals surface area contributed by atoms with E-state index in [2.05, 4.69) is 15.3 Å². The van der Waals surface area contributed by atoms with Gasteiger partial charge in [-0.3, -0.25) is 9.78 Å². The topological polar surface area (TPSA) is 87.6 Å². The molecule has 3 heterocycles. The van der Waals surface area contributed by atoms with Crippen molar-refractivity contribution in [3.8, 4) is 5.75 Å². The van der Waals surface area contributed by atoms with E-state index in [1.54, 1.807) is 30.7 Å². The van der Waals surface area contributed by atoms with Crippen LogP contribution in [0.2, 0.25) is 0 Å². The van der Waals surface area contributed by atoms with Crippen LogP contribution in [0.15, 0.2) is 42.9 Å². The highest BCUT2D eigenvalue weighted by atomic mass is 16.5. The molecule has 7 heteroatoms. The van der Waals surface area contributed by atoms with Crippen LogP contribution in [0.1, 0.15) is 30.1 Å². The molecule has 1 atom stereocenters. The molecule has 0 bridgehead atoms. The SMILES string of the molecule is C[C@@H](CO)Nc1ccc(C(=O)N2CCC(Oc3cccnc3)CC2)cn1. The summed E-state index contributed by atoms with van der Waals surface area (Å²) in [6.45, 7) is 3.20. The quantitative estimate of drug-likeness (QED) is 0.823. The number of hydrogen-bond donors (Lipinski definition) is 2. The largest absolute Gasteiger partial charge is 0.489 e. The molecule has 138 valence electrons. The van der Waals surface area contributed by atoms with Crippen molar-refractivity contribution in [1.29, 1.82) is 0 Å². The summed E-state index contributed by atoms with van der Waals surface area (Å²) in [6.07, 6.45) is 6.69. The highest BCUT2D eigenvalue weighted by Gasteiger charge is 2.25. The van der Waals surface area contributed by atoms with Crippen LogP contribution in [-0.4, -0.2) is 57.7 Å². The van der Waals surface area contributed by atoms with E-state index in [1.165, 1.54) is 0 Å². The fraction of sp³-hybridized carbons (Fsp3) is 0.421. The third-order valence-corrected chi connectivity index (χ3v) is 4.34. The minimum absolute atomic E-state index is 0.0147. The van der Waals surface area contributed by atoms with Gasteiger partial charge in [-0.2, -0.15) is 0 Å². The zero-order chi connectivity index (χ0) is 18.4. The molecule has 2 aromatic heterocycles. The van der Waals surface area contributed by atoms with Crippen LogP contribution >= 0.6 is 0 Å². The minimum Gasteiger partial charge on any atom is -0.489 e. The number of aliphatic hydroxyl groups excluding tert-OH is 1. The smallest absolute Gasteiger partial charge is 0.255 e. The molecule has 0 spiro atoms. The van der Waals surface area contributed by atoms with Crippen LogP contribution < -0.4 is 10.1 Å². The fourth-order valence-corrected chi connectivity index (χ4v) is 2.87. The molecule has 1 aliphatic rings. The van der Waals surface area contributed by atoms with Gasteiger partial charge in [0, 0.05) is 44.4 Å². The van der Waals surface area contributed by atoms with E-state index in [0.717, 1.165) is 18.6 Å². The maximum absolute atomic E-state index is 12.6. The van der Waals surface area contributed by atoms with Gasteiger partial charge in [0.15, 0.2) is 0 Å². The number of anilines is 1. The first kappa shape index (κ1) is 18.1. The molecule has 2 aromatic rings. The van der Waals surface area contributed by atoms with Gasteiger partial charge in [0.2, 0.25) is 0 Å². The van der Waals surface area contributed by atoms with Crippen molar-refractivity contribution in [1.82, 2.24) is 14.9 Å². The molecule has 1 amide bonds. The van der Waals surface area contributed by atoms with E-state index < -0.39 is 0 Å². The van der Waals surface area contributed by atoms with Gasteiger partial charge in [-0.1, -0.05) is 0 Å². The van der Waals surface area contributed by atoms with Gasteiger partial charge in [-0.05, 0) is 31.2 Å². The number of aromatic nitrogens is 2. The van der Waals surface area contributed by atoms with E-state index in [-0.39, 0.29) is 24.7 Å². The van der Waals surface area contributed by atoms with Gasteiger partial charge < -0.3 is 20.1 Å². The van der Waals surface area contributed by atoms with Gasteiger partial charge >= 0.3 is 0 Å². The van der Waals surface area contributed by atoms with Crippen molar-refractivity contribution in [2.24, 2.45) is 0 Å². The minimum atomic E-state index is -0.0807. The summed E-state index contributed by atoms with van der Waals surface area (Å²) in [7, 11) is 0. The van der Waals surface area contributed by atoms with Crippen molar-refractivity contribution < 1.29 is 14.6 Å². The predicted octanol–water partition coefficient (Wildman–Crippen LogP) is 1.95.